The normalized spacial score (nSPS) is 18.6. The summed E-state index contributed by atoms with van der Waals surface area (Å²) >= 11 is 0. The first-order valence-electron chi connectivity index (χ1n) is 6.03. The van der Waals surface area contributed by atoms with Crippen molar-refractivity contribution in [2.45, 2.75) is 44.9 Å². The van der Waals surface area contributed by atoms with Crippen molar-refractivity contribution in [3.8, 4) is 0 Å². The quantitative estimate of drug-likeness (QED) is 0.612. The fourth-order valence-electron chi connectivity index (χ4n) is 1.88. The molecule has 0 aromatic carbocycles. The molecule has 1 aliphatic rings. The van der Waals surface area contributed by atoms with Gasteiger partial charge in [-0.15, -0.1) is 0 Å². The molecule has 1 aliphatic heterocycles. The second-order valence-electron chi connectivity index (χ2n) is 4.09. The van der Waals surface area contributed by atoms with Gasteiger partial charge in [-0.3, -0.25) is 5.43 Å². The molecular weight excluding hydrogens is 176 g/mol. The standard InChI is InChI=1S/C11H24N2O/c14-11-7-2-1-4-8-12-13-9-5-3-6-10-13/h12,14H,1-11H2. The molecule has 1 fully saturated rings. The molecule has 84 valence electrons. The smallest absolute Gasteiger partial charge is 0.0431 e. The molecule has 0 bridgehead atoms. The summed E-state index contributed by atoms with van der Waals surface area (Å²) in [6.07, 6.45) is 8.68. The van der Waals surface area contributed by atoms with Gasteiger partial charge < -0.3 is 5.11 Å². The lowest BCUT2D eigenvalue weighted by Gasteiger charge is -2.27. The van der Waals surface area contributed by atoms with E-state index in [0.29, 0.717) is 6.61 Å². The highest BCUT2D eigenvalue weighted by atomic mass is 16.2. The van der Waals surface area contributed by atoms with Gasteiger partial charge in [0.1, 0.15) is 0 Å². The maximum absolute atomic E-state index is 8.60. The van der Waals surface area contributed by atoms with Crippen LogP contribution in [0.25, 0.3) is 0 Å². The van der Waals surface area contributed by atoms with Crippen LogP contribution in [-0.2, 0) is 0 Å². The molecule has 0 unspecified atom stereocenters. The first-order valence-corrected chi connectivity index (χ1v) is 6.03. The Hall–Kier alpha value is -0.120. The van der Waals surface area contributed by atoms with E-state index in [1.807, 2.05) is 0 Å². The lowest BCUT2D eigenvalue weighted by atomic mass is 10.2. The molecule has 0 saturated carbocycles. The largest absolute Gasteiger partial charge is 0.396 e. The van der Waals surface area contributed by atoms with Crippen LogP contribution >= 0.6 is 0 Å². The van der Waals surface area contributed by atoms with Gasteiger partial charge in [-0.25, -0.2) is 5.01 Å². The first-order chi connectivity index (χ1) is 6.93. The number of hydrazine groups is 1. The summed E-state index contributed by atoms with van der Waals surface area (Å²) in [6, 6.07) is 0. The van der Waals surface area contributed by atoms with E-state index in [4.69, 9.17) is 5.11 Å². The van der Waals surface area contributed by atoms with Crippen LogP contribution in [0.4, 0.5) is 0 Å². The van der Waals surface area contributed by atoms with Gasteiger partial charge >= 0.3 is 0 Å². The van der Waals surface area contributed by atoms with Crippen molar-refractivity contribution in [2.24, 2.45) is 0 Å². The van der Waals surface area contributed by atoms with Gasteiger partial charge in [0.05, 0.1) is 0 Å². The van der Waals surface area contributed by atoms with Crippen LogP contribution < -0.4 is 5.43 Å². The highest BCUT2D eigenvalue weighted by Gasteiger charge is 2.07. The van der Waals surface area contributed by atoms with Crippen LogP contribution in [0.1, 0.15) is 44.9 Å². The molecule has 0 amide bonds. The minimum atomic E-state index is 0.347. The van der Waals surface area contributed by atoms with E-state index < -0.39 is 0 Å². The Bertz CT molecular complexity index is 124. The Morgan fingerprint density at radius 3 is 2.36 bits per heavy atom. The molecule has 14 heavy (non-hydrogen) atoms. The van der Waals surface area contributed by atoms with E-state index in [-0.39, 0.29) is 0 Å². The van der Waals surface area contributed by atoms with Gasteiger partial charge in [-0.05, 0) is 25.7 Å². The van der Waals surface area contributed by atoms with Crippen LogP contribution in [0.3, 0.4) is 0 Å². The Balaban J connectivity index is 1.82. The first kappa shape index (κ1) is 12.0. The number of hydrogen-bond acceptors (Lipinski definition) is 3. The Morgan fingerprint density at radius 1 is 0.929 bits per heavy atom. The van der Waals surface area contributed by atoms with E-state index in [9.17, 15) is 0 Å². The van der Waals surface area contributed by atoms with Crippen molar-refractivity contribution >= 4 is 0 Å². The molecule has 1 heterocycles. The van der Waals surface area contributed by atoms with Gasteiger partial charge in [0.15, 0.2) is 0 Å². The summed E-state index contributed by atoms with van der Waals surface area (Å²) in [5, 5.41) is 11.0. The number of nitrogens with zero attached hydrogens (tertiary/aromatic N) is 1. The minimum Gasteiger partial charge on any atom is -0.396 e. The third-order valence-electron chi connectivity index (χ3n) is 2.78. The maximum atomic E-state index is 8.60. The number of unbranched alkanes of at least 4 members (excludes halogenated alkanes) is 3. The third kappa shape index (κ3) is 5.58. The van der Waals surface area contributed by atoms with Crippen molar-refractivity contribution in [2.75, 3.05) is 26.2 Å². The molecule has 0 atom stereocenters. The zero-order valence-electron chi connectivity index (χ0n) is 9.17. The predicted octanol–water partition coefficient (Wildman–Crippen LogP) is 1.53. The summed E-state index contributed by atoms with van der Waals surface area (Å²) < 4.78 is 0. The van der Waals surface area contributed by atoms with E-state index >= 15 is 0 Å². The topological polar surface area (TPSA) is 35.5 Å². The molecule has 0 aliphatic carbocycles. The summed E-state index contributed by atoms with van der Waals surface area (Å²) in [6.45, 7) is 3.89. The molecule has 0 aromatic rings. The number of aliphatic hydroxyl groups excluding tert-OH is 1. The number of aliphatic hydroxyl groups is 1. The monoisotopic (exact) mass is 200 g/mol. The maximum Gasteiger partial charge on any atom is 0.0431 e. The van der Waals surface area contributed by atoms with Crippen LogP contribution in [0.5, 0.6) is 0 Å². The summed E-state index contributed by atoms with van der Waals surface area (Å²) in [5.41, 5.74) is 3.47. The molecule has 0 spiro atoms. The van der Waals surface area contributed by atoms with E-state index in [1.54, 1.807) is 0 Å². The van der Waals surface area contributed by atoms with Gasteiger partial charge in [-0.1, -0.05) is 19.3 Å². The summed E-state index contributed by atoms with van der Waals surface area (Å²) in [7, 11) is 0. The minimum absolute atomic E-state index is 0.347. The summed E-state index contributed by atoms with van der Waals surface area (Å²) in [5.74, 6) is 0. The third-order valence-corrected chi connectivity index (χ3v) is 2.78. The lowest BCUT2D eigenvalue weighted by molar-refractivity contribution is 0.153. The van der Waals surface area contributed by atoms with Crippen LogP contribution in [0.2, 0.25) is 0 Å². The molecule has 0 aromatic heterocycles. The predicted molar refractivity (Wildman–Crippen MR) is 59.0 cm³/mol. The molecule has 3 nitrogen and oxygen atoms in total. The van der Waals surface area contributed by atoms with E-state index in [0.717, 1.165) is 19.4 Å². The van der Waals surface area contributed by atoms with Crippen LogP contribution in [-0.4, -0.2) is 36.4 Å². The number of nitrogens with one attached hydrogen (secondary N) is 1. The van der Waals surface area contributed by atoms with Crippen molar-refractivity contribution in [1.82, 2.24) is 10.4 Å². The molecule has 1 saturated heterocycles. The highest BCUT2D eigenvalue weighted by Crippen LogP contribution is 2.06. The lowest BCUT2D eigenvalue weighted by Crippen LogP contribution is -2.42. The van der Waals surface area contributed by atoms with E-state index in [1.165, 1.54) is 45.2 Å². The molecule has 3 heteroatoms. The van der Waals surface area contributed by atoms with Crippen molar-refractivity contribution in [3.05, 3.63) is 0 Å². The zero-order chi connectivity index (χ0) is 10.1. The fraction of sp³-hybridized carbons (Fsp3) is 1.00. The zero-order valence-corrected chi connectivity index (χ0v) is 9.17. The van der Waals surface area contributed by atoms with Gasteiger partial charge in [0, 0.05) is 26.2 Å². The average Bonchev–Trinajstić information content (AvgIpc) is 2.25. The van der Waals surface area contributed by atoms with Crippen molar-refractivity contribution in [1.29, 1.82) is 0 Å². The summed E-state index contributed by atoms with van der Waals surface area (Å²) in [4.78, 5) is 0. The highest BCUT2D eigenvalue weighted by molar-refractivity contribution is 4.60. The van der Waals surface area contributed by atoms with Crippen molar-refractivity contribution in [3.63, 3.8) is 0 Å². The molecular formula is C11H24N2O. The van der Waals surface area contributed by atoms with Crippen LogP contribution in [0, 0.1) is 0 Å². The average molecular weight is 200 g/mol. The number of piperidine rings is 1. The van der Waals surface area contributed by atoms with Crippen LogP contribution in [0.15, 0.2) is 0 Å². The molecule has 2 N–H and O–H groups in total. The SMILES string of the molecule is OCCCCCCNN1CCCCC1. The van der Waals surface area contributed by atoms with Gasteiger partial charge in [0.2, 0.25) is 0 Å². The number of hydrogen-bond donors (Lipinski definition) is 2. The van der Waals surface area contributed by atoms with Gasteiger partial charge in [0.25, 0.3) is 0 Å². The number of rotatable bonds is 7. The van der Waals surface area contributed by atoms with Gasteiger partial charge in [-0.2, -0.15) is 0 Å². The molecule has 1 rings (SSSR count). The Morgan fingerprint density at radius 2 is 1.64 bits per heavy atom. The Labute approximate surface area is 87.5 Å². The second kappa shape index (κ2) is 8.21. The second-order valence-corrected chi connectivity index (χ2v) is 4.09. The van der Waals surface area contributed by atoms with Crippen molar-refractivity contribution < 1.29 is 5.11 Å². The van der Waals surface area contributed by atoms with E-state index in [2.05, 4.69) is 10.4 Å². The fourth-order valence-corrected chi connectivity index (χ4v) is 1.88. The molecule has 0 radical (unpaired) electrons. The Kier molecular flexibility index (Phi) is 7.01.